The zero-order chi connectivity index (χ0) is 25.0. The molecular formula is C30H35N3O3. The lowest BCUT2D eigenvalue weighted by Crippen LogP contribution is -2.48. The number of rotatable bonds is 6. The van der Waals surface area contributed by atoms with Crippen molar-refractivity contribution >= 4 is 11.6 Å². The monoisotopic (exact) mass is 485 g/mol. The SMILES string of the molecule is COc1ccccc1Oc1ccccc1CN1CCC2(CC1)CCN(C(=O)c1ccccc1N)CC2. The predicted octanol–water partition coefficient (Wildman–Crippen LogP) is 5.59. The molecule has 3 aromatic carbocycles. The topological polar surface area (TPSA) is 68.0 Å². The molecule has 6 heteroatoms. The molecule has 0 aliphatic carbocycles. The van der Waals surface area contributed by atoms with E-state index in [-0.39, 0.29) is 5.91 Å². The zero-order valence-electron chi connectivity index (χ0n) is 21.0. The Morgan fingerprint density at radius 2 is 1.39 bits per heavy atom. The summed E-state index contributed by atoms with van der Waals surface area (Å²) in [6.45, 7) is 4.59. The molecule has 1 spiro atoms. The minimum absolute atomic E-state index is 0.0621. The number of carbonyl (C=O) groups is 1. The number of benzene rings is 3. The third-order valence-corrected chi connectivity index (χ3v) is 7.87. The predicted molar refractivity (Wildman–Crippen MR) is 142 cm³/mol. The fourth-order valence-electron chi connectivity index (χ4n) is 5.53. The van der Waals surface area contributed by atoms with Crippen molar-refractivity contribution in [2.75, 3.05) is 39.0 Å². The summed E-state index contributed by atoms with van der Waals surface area (Å²) in [6.07, 6.45) is 4.45. The molecule has 188 valence electrons. The summed E-state index contributed by atoms with van der Waals surface area (Å²) in [7, 11) is 1.66. The van der Waals surface area contributed by atoms with Crippen LogP contribution in [0.5, 0.6) is 17.2 Å². The Morgan fingerprint density at radius 3 is 2.08 bits per heavy atom. The number of ether oxygens (including phenoxy) is 2. The molecule has 6 nitrogen and oxygen atoms in total. The molecule has 2 aliphatic heterocycles. The summed E-state index contributed by atoms with van der Waals surface area (Å²) >= 11 is 0. The van der Waals surface area contributed by atoms with Crippen molar-refractivity contribution in [3.63, 3.8) is 0 Å². The minimum atomic E-state index is 0.0621. The molecule has 0 bridgehead atoms. The summed E-state index contributed by atoms with van der Waals surface area (Å²) in [5, 5.41) is 0. The average molecular weight is 486 g/mol. The first-order valence-electron chi connectivity index (χ1n) is 12.8. The van der Waals surface area contributed by atoms with Crippen molar-refractivity contribution in [3.8, 4) is 17.2 Å². The van der Waals surface area contributed by atoms with Crippen molar-refractivity contribution < 1.29 is 14.3 Å². The first-order chi connectivity index (χ1) is 17.6. The number of carbonyl (C=O) groups excluding carboxylic acids is 1. The second-order valence-electron chi connectivity index (χ2n) is 10.0. The first kappa shape index (κ1) is 24.2. The molecule has 0 radical (unpaired) electrons. The molecular weight excluding hydrogens is 450 g/mol. The van der Waals surface area contributed by atoms with E-state index in [0.717, 1.165) is 75.7 Å². The molecule has 1 amide bonds. The van der Waals surface area contributed by atoms with E-state index in [2.05, 4.69) is 17.0 Å². The van der Waals surface area contributed by atoms with Gasteiger partial charge < -0.3 is 20.1 Å². The molecule has 5 rings (SSSR count). The number of piperidine rings is 2. The van der Waals surface area contributed by atoms with E-state index in [0.29, 0.717) is 16.7 Å². The van der Waals surface area contributed by atoms with Crippen LogP contribution in [0.1, 0.15) is 41.6 Å². The van der Waals surface area contributed by atoms with E-state index in [1.807, 2.05) is 59.5 Å². The lowest BCUT2D eigenvalue weighted by atomic mass is 9.71. The quantitative estimate of drug-likeness (QED) is 0.461. The van der Waals surface area contributed by atoms with Gasteiger partial charge in [0, 0.05) is 30.9 Å². The van der Waals surface area contributed by atoms with E-state index >= 15 is 0 Å². The maximum atomic E-state index is 13.0. The summed E-state index contributed by atoms with van der Waals surface area (Å²) in [5.74, 6) is 2.39. The van der Waals surface area contributed by atoms with E-state index in [1.165, 1.54) is 5.56 Å². The molecule has 0 unspecified atom stereocenters. The second-order valence-corrected chi connectivity index (χ2v) is 10.0. The highest BCUT2D eigenvalue weighted by Crippen LogP contribution is 2.42. The Balaban J connectivity index is 1.17. The Kier molecular flexibility index (Phi) is 7.14. The normalized spacial score (nSPS) is 17.6. The highest BCUT2D eigenvalue weighted by molar-refractivity contribution is 5.99. The highest BCUT2D eigenvalue weighted by atomic mass is 16.5. The first-order valence-corrected chi connectivity index (χ1v) is 12.8. The minimum Gasteiger partial charge on any atom is -0.493 e. The van der Waals surface area contributed by atoms with E-state index in [1.54, 1.807) is 13.2 Å². The zero-order valence-corrected chi connectivity index (χ0v) is 21.0. The lowest BCUT2D eigenvalue weighted by molar-refractivity contribution is 0.0284. The van der Waals surface area contributed by atoms with Crippen molar-refractivity contribution in [1.82, 2.24) is 9.80 Å². The number of nitrogen functional groups attached to an aromatic ring is 1. The van der Waals surface area contributed by atoms with Crippen LogP contribution < -0.4 is 15.2 Å². The van der Waals surface area contributed by atoms with Gasteiger partial charge in [0.2, 0.25) is 0 Å². The summed E-state index contributed by atoms with van der Waals surface area (Å²) < 4.78 is 11.7. The number of nitrogens with zero attached hydrogens (tertiary/aromatic N) is 2. The fraction of sp³-hybridized carbons (Fsp3) is 0.367. The van der Waals surface area contributed by atoms with Crippen molar-refractivity contribution in [2.24, 2.45) is 5.41 Å². The van der Waals surface area contributed by atoms with E-state index in [4.69, 9.17) is 15.2 Å². The van der Waals surface area contributed by atoms with Gasteiger partial charge in [-0.05, 0) is 74.5 Å². The molecule has 36 heavy (non-hydrogen) atoms. The Morgan fingerprint density at radius 1 is 0.806 bits per heavy atom. The maximum absolute atomic E-state index is 13.0. The fourth-order valence-corrected chi connectivity index (χ4v) is 5.53. The van der Waals surface area contributed by atoms with Gasteiger partial charge in [0.15, 0.2) is 11.5 Å². The van der Waals surface area contributed by atoms with Gasteiger partial charge in [0.1, 0.15) is 5.75 Å². The smallest absolute Gasteiger partial charge is 0.255 e. The van der Waals surface area contributed by atoms with Gasteiger partial charge in [-0.25, -0.2) is 0 Å². The highest BCUT2D eigenvalue weighted by Gasteiger charge is 2.38. The Bertz CT molecular complexity index is 1190. The van der Waals surface area contributed by atoms with Gasteiger partial charge >= 0.3 is 0 Å². The van der Waals surface area contributed by atoms with Gasteiger partial charge in [-0.3, -0.25) is 9.69 Å². The lowest BCUT2D eigenvalue weighted by Gasteiger charge is -2.47. The Hall–Kier alpha value is -3.51. The maximum Gasteiger partial charge on any atom is 0.255 e. The van der Waals surface area contributed by atoms with Crippen molar-refractivity contribution in [2.45, 2.75) is 32.2 Å². The number of methoxy groups -OCH3 is 1. The van der Waals surface area contributed by atoms with Crippen LogP contribution in [-0.4, -0.2) is 49.0 Å². The number of amides is 1. The van der Waals surface area contributed by atoms with Crippen LogP contribution in [0.2, 0.25) is 0 Å². The summed E-state index contributed by atoms with van der Waals surface area (Å²) in [6, 6.07) is 23.4. The number of para-hydroxylation sites is 4. The van der Waals surface area contributed by atoms with E-state index in [9.17, 15) is 4.79 Å². The summed E-state index contributed by atoms with van der Waals surface area (Å²) in [4.78, 5) is 17.5. The van der Waals surface area contributed by atoms with Crippen LogP contribution in [0.3, 0.4) is 0 Å². The number of anilines is 1. The third kappa shape index (κ3) is 5.19. The number of hydrogen-bond donors (Lipinski definition) is 1. The van der Waals surface area contributed by atoms with Crippen molar-refractivity contribution in [3.05, 3.63) is 83.9 Å². The number of hydrogen-bond acceptors (Lipinski definition) is 5. The molecule has 2 heterocycles. The van der Waals surface area contributed by atoms with Gasteiger partial charge in [-0.1, -0.05) is 42.5 Å². The van der Waals surface area contributed by atoms with Gasteiger partial charge in [-0.2, -0.15) is 0 Å². The molecule has 2 aliphatic rings. The molecule has 3 aromatic rings. The molecule has 0 aromatic heterocycles. The van der Waals surface area contributed by atoms with Gasteiger partial charge in [0.05, 0.1) is 12.7 Å². The average Bonchev–Trinajstić information content (AvgIpc) is 2.92. The van der Waals surface area contributed by atoms with Crippen LogP contribution in [0.25, 0.3) is 0 Å². The Labute approximate surface area is 213 Å². The molecule has 2 saturated heterocycles. The van der Waals surface area contributed by atoms with Gasteiger partial charge in [-0.15, -0.1) is 0 Å². The molecule has 0 saturated carbocycles. The van der Waals surface area contributed by atoms with Crippen LogP contribution in [0.4, 0.5) is 5.69 Å². The van der Waals surface area contributed by atoms with Crippen LogP contribution in [0, 0.1) is 5.41 Å². The standard InChI is InChI=1S/C30H35N3O3/c1-35-27-12-6-7-13-28(27)36-26-11-5-2-8-23(26)22-32-18-14-30(15-19-32)16-20-33(21-17-30)29(34)24-9-3-4-10-25(24)31/h2-13H,14-22,31H2,1H3. The molecule has 2 fully saturated rings. The number of likely N-dealkylation sites (tertiary alicyclic amines) is 2. The molecule has 0 atom stereocenters. The second kappa shape index (κ2) is 10.6. The molecule has 2 N–H and O–H groups in total. The third-order valence-electron chi connectivity index (χ3n) is 7.87. The van der Waals surface area contributed by atoms with Crippen molar-refractivity contribution in [1.29, 1.82) is 0 Å². The summed E-state index contributed by atoms with van der Waals surface area (Å²) in [5.41, 5.74) is 8.74. The number of nitrogens with two attached hydrogens (primary N) is 1. The largest absolute Gasteiger partial charge is 0.493 e. The van der Waals surface area contributed by atoms with Crippen LogP contribution in [-0.2, 0) is 6.54 Å². The van der Waals surface area contributed by atoms with Gasteiger partial charge in [0.25, 0.3) is 5.91 Å². The van der Waals surface area contributed by atoms with Crippen LogP contribution >= 0.6 is 0 Å². The van der Waals surface area contributed by atoms with Crippen LogP contribution in [0.15, 0.2) is 72.8 Å². The van der Waals surface area contributed by atoms with E-state index < -0.39 is 0 Å².